The zero-order valence-corrected chi connectivity index (χ0v) is 15.9. The Morgan fingerprint density at radius 2 is 2.00 bits per heavy atom. The average Bonchev–Trinajstić information content (AvgIpc) is 3.05. The van der Waals surface area contributed by atoms with Crippen LogP contribution in [0.15, 0.2) is 36.8 Å². The van der Waals surface area contributed by atoms with Crippen LogP contribution in [-0.2, 0) is 4.74 Å². The van der Waals surface area contributed by atoms with E-state index in [1.807, 2.05) is 36.0 Å². The number of fused-ring (bicyclic) bond motifs is 1. The van der Waals surface area contributed by atoms with Crippen LogP contribution in [0.5, 0.6) is 5.75 Å². The van der Waals surface area contributed by atoms with Gasteiger partial charge in [-0.15, -0.1) is 0 Å². The smallest absolute Gasteiger partial charge is 0.150 e. The molecule has 2 unspecified atom stereocenters. The van der Waals surface area contributed by atoms with Gasteiger partial charge in [0.1, 0.15) is 11.9 Å². The number of benzene rings is 1. The van der Waals surface area contributed by atoms with Crippen molar-refractivity contribution in [2.24, 2.45) is 0 Å². The van der Waals surface area contributed by atoms with Gasteiger partial charge in [-0.25, -0.2) is 4.68 Å². The first-order chi connectivity index (χ1) is 12.6. The fraction of sp³-hybridized carbons (Fsp3) is 0.368. The number of hydrogen-bond donors (Lipinski definition) is 0. The van der Waals surface area contributed by atoms with Crippen molar-refractivity contribution in [2.45, 2.75) is 38.5 Å². The number of nitrogens with zero attached hydrogens (tertiary/aromatic N) is 3. The molecule has 2 aromatic heterocycles. The van der Waals surface area contributed by atoms with Crippen LogP contribution in [0.4, 0.5) is 0 Å². The van der Waals surface area contributed by atoms with Crippen LogP contribution in [0.25, 0.3) is 10.9 Å². The minimum Gasteiger partial charge on any atom is -0.486 e. The van der Waals surface area contributed by atoms with Crippen LogP contribution in [0.3, 0.4) is 0 Å². The predicted octanol–water partition coefficient (Wildman–Crippen LogP) is 5.58. The van der Waals surface area contributed by atoms with Crippen molar-refractivity contribution < 1.29 is 9.47 Å². The van der Waals surface area contributed by atoms with E-state index in [0.29, 0.717) is 10.0 Å². The summed E-state index contributed by atoms with van der Waals surface area (Å²) in [5, 5.41) is 6.51. The molecule has 5 nitrogen and oxygen atoms in total. The molecule has 3 aromatic rings. The van der Waals surface area contributed by atoms with Crippen molar-refractivity contribution in [3.8, 4) is 5.75 Å². The summed E-state index contributed by atoms with van der Waals surface area (Å²) in [7, 11) is 0. The second-order valence-corrected chi connectivity index (χ2v) is 7.22. The largest absolute Gasteiger partial charge is 0.486 e. The lowest BCUT2D eigenvalue weighted by Gasteiger charge is -2.23. The van der Waals surface area contributed by atoms with E-state index in [9.17, 15) is 0 Å². The summed E-state index contributed by atoms with van der Waals surface area (Å²) >= 11 is 12.4. The van der Waals surface area contributed by atoms with Crippen LogP contribution >= 0.6 is 23.2 Å². The number of hydrogen-bond acceptors (Lipinski definition) is 4. The second kappa shape index (κ2) is 7.43. The SMILES string of the molecule is CC(Oc1ccc2c(cnn2C2CCCCO2)c1)c1c(Cl)cncc1Cl. The van der Waals surface area contributed by atoms with Gasteiger partial charge in [0.25, 0.3) is 0 Å². The standard InChI is InChI=1S/C19H19Cl2N3O2/c1-12(19-15(20)10-22-11-16(19)21)26-14-5-6-17-13(8-14)9-23-24(17)18-4-2-3-7-25-18/h5-6,8-12,18H,2-4,7H2,1H3. The molecule has 1 fully saturated rings. The number of rotatable bonds is 4. The van der Waals surface area contributed by atoms with E-state index in [1.165, 1.54) is 0 Å². The Bertz CT molecular complexity index is 902. The van der Waals surface area contributed by atoms with Crippen molar-refractivity contribution in [1.82, 2.24) is 14.8 Å². The molecule has 7 heteroatoms. The molecular weight excluding hydrogens is 373 g/mol. The average molecular weight is 392 g/mol. The van der Waals surface area contributed by atoms with Gasteiger partial charge in [0.05, 0.1) is 21.8 Å². The molecule has 3 heterocycles. The highest BCUT2D eigenvalue weighted by molar-refractivity contribution is 6.35. The second-order valence-electron chi connectivity index (χ2n) is 6.41. The number of aromatic nitrogens is 3. The number of halogens is 2. The molecule has 0 N–H and O–H groups in total. The normalized spacial score (nSPS) is 18.8. The molecule has 0 saturated carbocycles. The first-order valence-corrected chi connectivity index (χ1v) is 9.43. The molecule has 1 aliphatic heterocycles. The summed E-state index contributed by atoms with van der Waals surface area (Å²) in [4.78, 5) is 3.98. The van der Waals surface area contributed by atoms with Crippen molar-refractivity contribution in [3.05, 3.63) is 52.4 Å². The van der Waals surface area contributed by atoms with Crippen molar-refractivity contribution in [1.29, 1.82) is 0 Å². The maximum Gasteiger partial charge on any atom is 0.150 e. The van der Waals surface area contributed by atoms with E-state index in [1.54, 1.807) is 12.4 Å². The van der Waals surface area contributed by atoms with Gasteiger partial charge in [-0.05, 0) is 44.4 Å². The highest BCUT2D eigenvalue weighted by Crippen LogP contribution is 2.34. The van der Waals surface area contributed by atoms with E-state index >= 15 is 0 Å². The summed E-state index contributed by atoms with van der Waals surface area (Å²) in [5.41, 5.74) is 1.77. The highest BCUT2D eigenvalue weighted by Gasteiger charge is 2.19. The van der Waals surface area contributed by atoms with Gasteiger partial charge < -0.3 is 9.47 Å². The van der Waals surface area contributed by atoms with E-state index in [0.717, 1.165) is 48.1 Å². The third-order valence-corrected chi connectivity index (χ3v) is 5.21. The van der Waals surface area contributed by atoms with Crippen molar-refractivity contribution in [2.75, 3.05) is 6.61 Å². The van der Waals surface area contributed by atoms with Crippen LogP contribution in [0, 0.1) is 0 Å². The Labute approximate surface area is 161 Å². The molecule has 1 aliphatic rings. The highest BCUT2D eigenvalue weighted by atomic mass is 35.5. The molecule has 0 amide bonds. The van der Waals surface area contributed by atoms with E-state index < -0.39 is 0 Å². The summed E-state index contributed by atoms with van der Waals surface area (Å²) < 4.78 is 13.9. The first kappa shape index (κ1) is 17.6. The number of ether oxygens (including phenoxy) is 2. The van der Waals surface area contributed by atoms with Gasteiger partial charge in [-0.3, -0.25) is 4.98 Å². The Morgan fingerprint density at radius 1 is 1.19 bits per heavy atom. The maximum absolute atomic E-state index is 6.22. The fourth-order valence-electron chi connectivity index (χ4n) is 3.32. The Balaban J connectivity index is 1.58. The van der Waals surface area contributed by atoms with Gasteiger partial charge >= 0.3 is 0 Å². The minimum atomic E-state index is -0.299. The third kappa shape index (κ3) is 3.39. The molecule has 0 spiro atoms. The minimum absolute atomic E-state index is 0.0152. The Hall–Kier alpha value is -1.82. The van der Waals surface area contributed by atoms with E-state index in [2.05, 4.69) is 10.1 Å². The van der Waals surface area contributed by atoms with Crippen molar-refractivity contribution >= 4 is 34.1 Å². The van der Waals surface area contributed by atoms with Gasteiger partial charge in [-0.1, -0.05) is 23.2 Å². The molecule has 0 aliphatic carbocycles. The Morgan fingerprint density at radius 3 is 2.73 bits per heavy atom. The summed E-state index contributed by atoms with van der Waals surface area (Å²) in [6.45, 7) is 2.70. The van der Waals surface area contributed by atoms with Crippen LogP contribution in [0.1, 0.15) is 44.1 Å². The Kier molecular flexibility index (Phi) is 5.02. The van der Waals surface area contributed by atoms with Gasteiger partial charge in [0.2, 0.25) is 0 Å². The van der Waals surface area contributed by atoms with Crippen LogP contribution in [-0.4, -0.2) is 21.4 Å². The number of pyridine rings is 1. The first-order valence-electron chi connectivity index (χ1n) is 8.68. The summed E-state index contributed by atoms with van der Waals surface area (Å²) in [6.07, 6.45) is 7.97. The zero-order chi connectivity index (χ0) is 18.1. The molecule has 4 rings (SSSR count). The van der Waals surface area contributed by atoms with Gasteiger partial charge in [-0.2, -0.15) is 5.10 Å². The molecule has 26 heavy (non-hydrogen) atoms. The summed E-state index contributed by atoms with van der Waals surface area (Å²) in [6, 6.07) is 5.92. The summed E-state index contributed by atoms with van der Waals surface area (Å²) in [5.74, 6) is 0.734. The monoisotopic (exact) mass is 391 g/mol. The quantitative estimate of drug-likeness (QED) is 0.582. The van der Waals surface area contributed by atoms with Crippen LogP contribution < -0.4 is 4.74 Å². The molecule has 136 valence electrons. The zero-order valence-electron chi connectivity index (χ0n) is 14.4. The molecule has 0 radical (unpaired) electrons. The van der Waals surface area contributed by atoms with Gasteiger partial charge in [0, 0.05) is 30.0 Å². The van der Waals surface area contributed by atoms with E-state index in [-0.39, 0.29) is 12.3 Å². The predicted molar refractivity (Wildman–Crippen MR) is 102 cm³/mol. The third-order valence-electron chi connectivity index (χ3n) is 4.61. The fourth-order valence-corrected chi connectivity index (χ4v) is 4.00. The molecule has 2 atom stereocenters. The lowest BCUT2D eigenvalue weighted by atomic mass is 10.1. The molecule has 0 bridgehead atoms. The maximum atomic E-state index is 6.22. The topological polar surface area (TPSA) is 49.2 Å². The van der Waals surface area contributed by atoms with Gasteiger partial charge in [0.15, 0.2) is 6.23 Å². The van der Waals surface area contributed by atoms with Crippen LogP contribution in [0.2, 0.25) is 10.0 Å². The molecule has 1 saturated heterocycles. The lowest BCUT2D eigenvalue weighted by Crippen LogP contribution is -2.18. The van der Waals surface area contributed by atoms with Crippen molar-refractivity contribution in [3.63, 3.8) is 0 Å². The molecular formula is C19H19Cl2N3O2. The lowest BCUT2D eigenvalue weighted by molar-refractivity contribution is -0.0366. The van der Waals surface area contributed by atoms with E-state index in [4.69, 9.17) is 32.7 Å². The molecule has 1 aromatic carbocycles.